The normalized spacial score (nSPS) is 14.1. The lowest BCUT2D eigenvalue weighted by Gasteiger charge is -2.22. The van der Waals surface area contributed by atoms with Gasteiger partial charge in [-0.1, -0.05) is 91.0 Å². The van der Waals surface area contributed by atoms with Crippen LogP contribution in [0.2, 0.25) is 0 Å². The molecule has 10 heteroatoms. The van der Waals surface area contributed by atoms with Gasteiger partial charge in [0.2, 0.25) is 11.8 Å². The van der Waals surface area contributed by atoms with E-state index >= 15 is 0 Å². The molecule has 0 aliphatic heterocycles. The third kappa shape index (κ3) is 10.6. The first-order valence-electron chi connectivity index (χ1n) is 17.0. The number of aliphatic hydroxyl groups excluding tert-OH is 1. The second kappa shape index (κ2) is 19.1. The minimum absolute atomic E-state index is 0.00771. The van der Waals surface area contributed by atoms with Crippen molar-refractivity contribution in [3.05, 3.63) is 121 Å². The monoisotopic (exact) mass is 681 g/mol. The highest BCUT2D eigenvalue weighted by Gasteiger charge is 2.30. The first kappa shape index (κ1) is 37.6. The SMILES string of the molecule is C=CCC[C@H](NC(=O)OCC1c2ccccc2-c2ccccc21)C(=O)O[C@@H](C)CNC(=O)[C@H](CC=C)CC(=O)N[C@H](CO)Cc1ccccc1. The van der Waals surface area contributed by atoms with Crippen molar-refractivity contribution in [2.75, 3.05) is 19.8 Å². The van der Waals surface area contributed by atoms with Crippen LogP contribution < -0.4 is 16.0 Å². The van der Waals surface area contributed by atoms with Gasteiger partial charge in [-0.15, -0.1) is 13.2 Å². The highest BCUT2D eigenvalue weighted by molar-refractivity contribution is 5.86. The molecule has 3 amide bonds. The zero-order valence-corrected chi connectivity index (χ0v) is 28.5. The van der Waals surface area contributed by atoms with E-state index in [1.165, 1.54) is 0 Å². The number of esters is 1. The fourth-order valence-electron chi connectivity index (χ4n) is 6.08. The van der Waals surface area contributed by atoms with E-state index in [1.54, 1.807) is 19.1 Å². The van der Waals surface area contributed by atoms with Gasteiger partial charge in [-0.25, -0.2) is 9.59 Å². The third-order valence-electron chi connectivity index (χ3n) is 8.63. The number of allylic oxidation sites excluding steroid dienone is 2. The molecule has 3 aromatic rings. The average Bonchev–Trinajstić information content (AvgIpc) is 3.44. The van der Waals surface area contributed by atoms with Crippen molar-refractivity contribution in [2.45, 2.75) is 63.1 Å². The van der Waals surface area contributed by atoms with Gasteiger partial charge < -0.3 is 30.5 Å². The van der Waals surface area contributed by atoms with Gasteiger partial charge in [0.15, 0.2) is 0 Å². The Bertz CT molecular complexity index is 1580. The lowest BCUT2D eigenvalue weighted by molar-refractivity contribution is -0.151. The number of carbonyl (C=O) groups excluding carboxylic acids is 4. The summed E-state index contributed by atoms with van der Waals surface area (Å²) < 4.78 is 11.2. The number of fused-ring (bicyclic) bond motifs is 3. The van der Waals surface area contributed by atoms with Crippen molar-refractivity contribution in [1.29, 1.82) is 0 Å². The Kier molecular flexibility index (Phi) is 14.4. The number of benzene rings is 3. The van der Waals surface area contributed by atoms with E-state index in [2.05, 4.69) is 41.2 Å². The predicted octanol–water partition coefficient (Wildman–Crippen LogP) is 5.21. The largest absolute Gasteiger partial charge is 0.459 e. The highest BCUT2D eigenvalue weighted by Crippen LogP contribution is 2.44. The summed E-state index contributed by atoms with van der Waals surface area (Å²) in [6.45, 7) is 8.89. The highest BCUT2D eigenvalue weighted by atomic mass is 16.6. The molecule has 0 spiro atoms. The number of alkyl carbamates (subject to hydrolysis) is 1. The van der Waals surface area contributed by atoms with E-state index in [0.29, 0.717) is 12.8 Å². The Morgan fingerprint density at radius 1 is 0.880 bits per heavy atom. The molecule has 4 rings (SSSR count). The Morgan fingerprint density at radius 3 is 2.14 bits per heavy atom. The van der Waals surface area contributed by atoms with Gasteiger partial charge in [-0.3, -0.25) is 9.59 Å². The molecule has 0 radical (unpaired) electrons. The van der Waals surface area contributed by atoms with Crippen molar-refractivity contribution in [2.24, 2.45) is 5.92 Å². The van der Waals surface area contributed by atoms with Crippen molar-refractivity contribution < 1.29 is 33.8 Å². The van der Waals surface area contributed by atoms with Crippen LogP contribution >= 0.6 is 0 Å². The maximum atomic E-state index is 13.1. The first-order valence-corrected chi connectivity index (χ1v) is 17.0. The van der Waals surface area contributed by atoms with Crippen LogP contribution in [0, 0.1) is 5.92 Å². The van der Waals surface area contributed by atoms with Crippen LogP contribution in [-0.2, 0) is 30.3 Å². The van der Waals surface area contributed by atoms with Crippen LogP contribution in [-0.4, -0.2) is 66.9 Å². The van der Waals surface area contributed by atoms with Crippen LogP contribution in [0.1, 0.15) is 55.2 Å². The molecule has 0 heterocycles. The first-order chi connectivity index (χ1) is 24.2. The van der Waals surface area contributed by atoms with Crippen LogP contribution in [0.25, 0.3) is 11.1 Å². The predicted molar refractivity (Wildman–Crippen MR) is 192 cm³/mol. The van der Waals surface area contributed by atoms with E-state index in [-0.39, 0.29) is 50.8 Å². The molecule has 1 aliphatic rings. The number of hydrogen-bond acceptors (Lipinski definition) is 7. The Labute approximate surface area is 294 Å². The smallest absolute Gasteiger partial charge is 0.407 e. The second-order valence-electron chi connectivity index (χ2n) is 12.4. The maximum Gasteiger partial charge on any atom is 0.407 e. The number of carbonyl (C=O) groups is 4. The zero-order valence-electron chi connectivity index (χ0n) is 28.5. The van der Waals surface area contributed by atoms with Crippen molar-refractivity contribution in [3.8, 4) is 11.1 Å². The summed E-state index contributed by atoms with van der Waals surface area (Å²) in [7, 11) is 0. The van der Waals surface area contributed by atoms with Gasteiger partial charge in [0.1, 0.15) is 18.8 Å². The topological polar surface area (TPSA) is 143 Å². The lowest BCUT2D eigenvalue weighted by atomic mass is 9.98. The molecule has 0 saturated heterocycles. The van der Waals surface area contributed by atoms with Crippen LogP contribution in [0.15, 0.2) is 104 Å². The van der Waals surface area contributed by atoms with E-state index in [4.69, 9.17) is 9.47 Å². The summed E-state index contributed by atoms with van der Waals surface area (Å²) in [6, 6.07) is 24.0. The quantitative estimate of drug-likeness (QED) is 0.101. The summed E-state index contributed by atoms with van der Waals surface area (Å²) in [5.74, 6) is -2.27. The number of rotatable bonds is 19. The number of aliphatic hydroxyl groups is 1. The molecule has 0 bridgehead atoms. The third-order valence-corrected chi connectivity index (χ3v) is 8.63. The van der Waals surface area contributed by atoms with Gasteiger partial charge in [0.05, 0.1) is 25.1 Å². The number of nitrogens with one attached hydrogen (secondary N) is 3. The molecular weight excluding hydrogens is 634 g/mol. The van der Waals surface area contributed by atoms with Crippen molar-refractivity contribution in [3.63, 3.8) is 0 Å². The Morgan fingerprint density at radius 2 is 1.52 bits per heavy atom. The van der Waals surface area contributed by atoms with E-state index in [1.807, 2.05) is 66.7 Å². The average molecular weight is 682 g/mol. The Hall–Kier alpha value is -5.22. The van der Waals surface area contributed by atoms with Gasteiger partial charge in [-0.05, 0) is 60.4 Å². The number of amides is 3. The molecule has 0 saturated carbocycles. The standard InChI is InChI=1S/C40H47N3O7/c1-4-6-21-36(43-40(48)49-26-35-33-19-12-10-17-31(33)32-18-11-13-20-34(32)35)39(47)50-27(3)24-41-38(46)29(14-5-2)23-37(45)42-30(25-44)22-28-15-8-7-9-16-28/h4-5,7-13,15-20,27,29-30,35-36,44H,1-2,6,14,21-26H2,3H3,(H,41,46)(H,42,45)(H,43,48)/t27-,29+,30-,36-/m0/s1. The molecule has 264 valence electrons. The summed E-state index contributed by atoms with van der Waals surface area (Å²) >= 11 is 0. The molecule has 4 N–H and O–H groups in total. The van der Waals surface area contributed by atoms with Gasteiger partial charge in [0.25, 0.3) is 0 Å². The van der Waals surface area contributed by atoms with E-state index in [0.717, 1.165) is 27.8 Å². The maximum absolute atomic E-state index is 13.1. The minimum Gasteiger partial charge on any atom is -0.459 e. The van der Waals surface area contributed by atoms with Gasteiger partial charge >= 0.3 is 12.1 Å². The summed E-state index contributed by atoms with van der Waals surface area (Å²) in [4.78, 5) is 51.9. The fraction of sp³-hybridized carbons (Fsp3) is 0.350. The molecule has 3 aromatic carbocycles. The van der Waals surface area contributed by atoms with Crippen LogP contribution in [0.5, 0.6) is 0 Å². The van der Waals surface area contributed by atoms with Gasteiger partial charge in [-0.2, -0.15) is 0 Å². The lowest BCUT2D eigenvalue weighted by Crippen LogP contribution is -2.45. The van der Waals surface area contributed by atoms with Crippen molar-refractivity contribution in [1.82, 2.24) is 16.0 Å². The van der Waals surface area contributed by atoms with Crippen LogP contribution in [0.3, 0.4) is 0 Å². The van der Waals surface area contributed by atoms with Crippen molar-refractivity contribution >= 4 is 23.9 Å². The van der Waals surface area contributed by atoms with Crippen LogP contribution in [0.4, 0.5) is 4.79 Å². The molecular formula is C40H47N3O7. The molecule has 1 aliphatic carbocycles. The molecule has 50 heavy (non-hydrogen) atoms. The van der Waals surface area contributed by atoms with E-state index < -0.39 is 42.1 Å². The van der Waals surface area contributed by atoms with Gasteiger partial charge in [0, 0.05) is 12.3 Å². The minimum atomic E-state index is -0.991. The zero-order chi connectivity index (χ0) is 35.9. The molecule has 0 unspecified atom stereocenters. The summed E-state index contributed by atoms with van der Waals surface area (Å²) in [5, 5.41) is 18.0. The molecule has 4 atom stereocenters. The fourth-order valence-corrected chi connectivity index (χ4v) is 6.08. The Balaban J connectivity index is 1.26. The number of hydrogen-bond donors (Lipinski definition) is 4. The molecule has 0 fully saturated rings. The summed E-state index contributed by atoms with van der Waals surface area (Å²) in [6.07, 6.45) is 3.03. The molecule has 0 aromatic heterocycles. The second-order valence-corrected chi connectivity index (χ2v) is 12.4. The van der Waals surface area contributed by atoms with E-state index in [9.17, 15) is 24.3 Å². The number of ether oxygens (including phenoxy) is 2. The summed E-state index contributed by atoms with van der Waals surface area (Å²) in [5.41, 5.74) is 5.34. The molecule has 10 nitrogen and oxygen atoms in total.